The van der Waals surface area contributed by atoms with Crippen LogP contribution in [0.1, 0.15) is 11.8 Å². The van der Waals surface area contributed by atoms with Crippen LogP contribution >= 0.6 is 23.1 Å². The van der Waals surface area contributed by atoms with E-state index < -0.39 is 6.09 Å². The minimum Gasteiger partial charge on any atom is -0.450 e. The lowest BCUT2D eigenvalue weighted by Gasteiger charge is -1.99. The number of nitrogens with zero attached hydrogens (tertiary/aromatic N) is 2. The van der Waals surface area contributed by atoms with Crippen LogP contribution in [0.4, 0.5) is 15.6 Å². The van der Waals surface area contributed by atoms with Crippen molar-refractivity contribution in [1.29, 1.82) is 0 Å². The first kappa shape index (κ1) is 17.2. The van der Waals surface area contributed by atoms with E-state index in [2.05, 4.69) is 20.6 Å². The van der Waals surface area contributed by atoms with E-state index >= 15 is 0 Å². The van der Waals surface area contributed by atoms with E-state index in [1.54, 1.807) is 19.2 Å². The lowest BCUT2D eigenvalue weighted by molar-refractivity contribution is -0.115. The molecule has 0 aliphatic carbocycles. The Hall–Kier alpha value is -2.65. The molecule has 1 aromatic heterocycles. The molecule has 1 fully saturated rings. The zero-order chi connectivity index (χ0) is 17.6. The number of aromatic nitrogens is 1. The summed E-state index contributed by atoms with van der Waals surface area (Å²) in [5, 5.41) is 6.19. The molecule has 1 aliphatic rings. The van der Waals surface area contributed by atoms with Crippen molar-refractivity contribution in [2.75, 3.05) is 11.9 Å². The summed E-state index contributed by atoms with van der Waals surface area (Å²) >= 11 is 2.51. The van der Waals surface area contributed by atoms with Crippen LogP contribution < -0.4 is 10.6 Å². The van der Waals surface area contributed by atoms with Gasteiger partial charge >= 0.3 is 6.09 Å². The van der Waals surface area contributed by atoms with Crippen molar-refractivity contribution in [2.45, 2.75) is 6.92 Å². The molecule has 0 saturated carbocycles. The number of amides is 2. The van der Waals surface area contributed by atoms with Crippen LogP contribution in [0.3, 0.4) is 0 Å². The molecule has 0 radical (unpaired) electrons. The number of rotatable bonds is 4. The number of hydrogen-bond donors (Lipinski definition) is 2. The number of ether oxygens (including phenoxy) is 1. The van der Waals surface area contributed by atoms with Crippen molar-refractivity contribution in [3.8, 4) is 0 Å². The highest BCUT2D eigenvalue weighted by Crippen LogP contribution is 2.30. The molecule has 9 heteroatoms. The second-order valence-electron chi connectivity index (χ2n) is 4.73. The molecule has 2 amide bonds. The third-order valence-corrected chi connectivity index (χ3v) is 4.69. The number of hydrogen-bond acceptors (Lipinski definition) is 7. The Bertz CT molecular complexity index is 846. The molecule has 3 rings (SSSR count). The molecule has 0 unspecified atom stereocenters. The first-order chi connectivity index (χ1) is 12.1. The Morgan fingerprint density at radius 3 is 2.96 bits per heavy atom. The lowest BCUT2D eigenvalue weighted by atomic mass is 10.3. The van der Waals surface area contributed by atoms with Gasteiger partial charge in [-0.25, -0.2) is 14.8 Å². The summed E-state index contributed by atoms with van der Waals surface area (Å²) in [6.45, 7) is 2.01. The van der Waals surface area contributed by atoms with E-state index in [4.69, 9.17) is 4.74 Å². The first-order valence-electron chi connectivity index (χ1n) is 7.38. The van der Waals surface area contributed by atoms with Crippen LogP contribution in [0.2, 0.25) is 0 Å². The summed E-state index contributed by atoms with van der Waals surface area (Å²) in [6.07, 6.45) is 2.74. The second kappa shape index (κ2) is 7.95. The molecule has 0 bridgehead atoms. The molecular formula is C16H14N4O3S2. The van der Waals surface area contributed by atoms with E-state index in [1.165, 1.54) is 23.1 Å². The number of thioether (sulfide) groups is 1. The van der Waals surface area contributed by atoms with Gasteiger partial charge in [0.05, 0.1) is 22.1 Å². The summed E-state index contributed by atoms with van der Waals surface area (Å²) < 4.78 is 4.79. The molecule has 2 aromatic rings. The van der Waals surface area contributed by atoms with Gasteiger partial charge in [0.25, 0.3) is 5.91 Å². The zero-order valence-electron chi connectivity index (χ0n) is 13.2. The van der Waals surface area contributed by atoms with Crippen molar-refractivity contribution in [2.24, 2.45) is 4.99 Å². The smallest absolute Gasteiger partial charge is 0.413 e. The van der Waals surface area contributed by atoms with E-state index in [9.17, 15) is 9.59 Å². The summed E-state index contributed by atoms with van der Waals surface area (Å²) in [4.78, 5) is 33.2. The van der Waals surface area contributed by atoms with Crippen molar-refractivity contribution in [3.05, 3.63) is 46.3 Å². The number of para-hydroxylation sites is 1. The van der Waals surface area contributed by atoms with Gasteiger partial charge in [-0.2, -0.15) is 0 Å². The van der Waals surface area contributed by atoms with E-state index in [1.807, 2.05) is 30.3 Å². The molecule has 2 N–H and O–H groups in total. The minimum atomic E-state index is -0.554. The number of benzene rings is 1. The highest BCUT2D eigenvalue weighted by Gasteiger charge is 2.24. The van der Waals surface area contributed by atoms with Gasteiger partial charge in [-0.05, 0) is 36.9 Å². The predicted molar refractivity (Wildman–Crippen MR) is 100 cm³/mol. The number of aliphatic imine (C=N–C) groups is 1. The monoisotopic (exact) mass is 374 g/mol. The fraction of sp³-hybridized carbons (Fsp3) is 0.125. The second-order valence-corrected chi connectivity index (χ2v) is 6.82. The Balaban J connectivity index is 1.70. The summed E-state index contributed by atoms with van der Waals surface area (Å²) in [7, 11) is 0. The number of amidine groups is 1. The quantitative estimate of drug-likeness (QED) is 0.798. The molecular weight excluding hydrogens is 360 g/mol. The molecule has 0 atom stereocenters. The standard InChI is InChI=1S/C16H14N4O3S2/c1-2-23-16(22)20-14-17-9-11(24-14)8-12-13(21)19-15(25-12)18-10-6-4-3-5-7-10/h3-9H,2H2,1H3,(H,17,20,22)(H,18,19,21)/b12-8-. The largest absolute Gasteiger partial charge is 0.450 e. The van der Waals surface area contributed by atoms with E-state index in [0.29, 0.717) is 15.2 Å². The van der Waals surface area contributed by atoms with Crippen molar-refractivity contribution >= 4 is 57.2 Å². The van der Waals surface area contributed by atoms with Gasteiger partial charge in [-0.3, -0.25) is 10.1 Å². The van der Waals surface area contributed by atoms with E-state index in [-0.39, 0.29) is 12.5 Å². The average molecular weight is 374 g/mol. The molecule has 1 aromatic carbocycles. The maximum absolute atomic E-state index is 12.1. The summed E-state index contributed by atoms with van der Waals surface area (Å²) in [5.41, 5.74) is 0.769. The van der Waals surface area contributed by atoms with Crippen molar-refractivity contribution in [1.82, 2.24) is 10.3 Å². The zero-order valence-corrected chi connectivity index (χ0v) is 14.8. The highest BCUT2D eigenvalue weighted by molar-refractivity contribution is 8.18. The third kappa shape index (κ3) is 4.68. The van der Waals surface area contributed by atoms with Crippen molar-refractivity contribution < 1.29 is 14.3 Å². The maximum atomic E-state index is 12.1. The van der Waals surface area contributed by atoms with Crippen LogP contribution in [-0.4, -0.2) is 28.8 Å². The Kier molecular flexibility index (Phi) is 5.46. The van der Waals surface area contributed by atoms with Gasteiger partial charge in [0.15, 0.2) is 10.3 Å². The van der Waals surface area contributed by atoms with Gasteiger partial charge in [0.1, 0.15) is 0 Å². The molecule has 1 saturated heterocycles. The number of thiazole rings is 1. The Morgan fingerprint density at radius 2 is 2.20 bits per heavy atom. The van der Waals surface area contributed by atoms with Crippen LogP contribution in [0.5, 0.6) is 0 Å². The fourth-order valence-corrected chi connectivity index (χ4v) is 3.55. The molecule has 7 nitrogen and oxygen atoms in total. The number of carbonyl (C=O) groups is 2. The summed E-state index contributed by atoms with van der Waals surface area (Å²) in [6, 6.07) is 9.39. The van der Waals surface area contributed by atoms with Crippen molar-refractivity contribution in [3.63, 3.8) is 0 Å². The topological polar surface area (TPSA) is 92.7 Å². The summed E-state index contributed by atoms with van der Waals surface area (Å²) in [5.74, 6) is -0.215. The van der Waals surface area contributed by atoms with Gasteiger partial charge < -0.3 is 10.1 Å². The molecule has 2 heterocycles. The minimum absolute atomic E-state index is 0.215. The normalized spacial score (nSPS) is 16.9. The van der Waals surface area contributed by atoms with Crippen LogP contribution in [0.15, 0.2) is 46.4 Å². The molecule has 25 heavy (non-hydrogen) atoms. The molecule has 128 valence electrons. The highest BCUT2D eigenvalue weighted by atomic mass is 32.2. The van der Waals surface area contributed by atoms with Crippen LogP contribution in [-0.2, 0) is 9.53 Å². The lowest BCUT2D eigenvalue weighted by Crippen LogP contribution is -2.19. The Morgan fingerprint density at radius 1 is 1.40 bits per heavy atom. The van der Waals surface area contributed by atoms with Crippen LogP contribution in [0, 0.1) is 0 Å². The van der Waals surface area contributed by atoms with E-state index in [0.717, 1.165) is 10.6 Å². The van der Waals surface area contributed by atoms with Gasteiger partial charge in [-0.15, -0.1) is 0 Å². The number of anilines is 1. The Labute approximate surface area is 152 Å². The average Bonchev–Trinajstić information content (AvgIpc) is 3.16. The molecule has 0 spiro atoms. The third-order valence-electron chi connectivity index (χ3n) is 2.92. The SMILES string of the molecule is CCOC(=O)Nc1ncc(/C=C2\SC(=Nc3ccccc3)NC2=O)s1. The molecule has 1 aliphatic heterocycles. The number of carbonyl (C=O) groups excluding carboxylic acids is 2. The van der Waals surface area contributed by atoms with Gasteiger partial charge in [0, 0.05) is 6.20 Å². The maximum Gasteiger partial charge on any atom is 0.413 e. The predicted octanol–water partition coefficient (Wildman–Crippen LogP) is 3.60. The first-order valence-corrected chi connectivity index (χ1v) is 9.01. The fourth-order valence-electron chi connectivity index (χ4n) is 1.90. The van der Waals surface area contributed by atoms with Gasteiger partial charge in [-0.1, -0.05) is 29.5 Å². The van der Waals surface area contributed by atoms with Crippen LogP contribution in [0.25, 0.3) is 6.08 Å². The van der Waals surface area contributed by atoms with Gasteiger partial charge in [0.2, 0.25) is 0 Å². The number of nitrogens with one attached hydrogen (secondary N) is 2.